The number of nitrogens with two attached hydrogens (primary N) is 1. The van der Waals surface area contributed by atoms with E-state index in [0.717, 1.165) is 24.0 Å². The van der Waals surface area contributed by atoms with Crippen LogP contribution in [0.5, 0.6) is 0 Å². The van der Waals surface area contributed by atoms with Gasteiger partial charge in [0.15, 0.2) is 0 Å². The van der Waals surface area contributed by atoms with Gasteiger partial charge in [-0.3, -0.25) is 19.7 Å². The van der Waals surface area contributed by atoms with Crippen molar-refractivity contribution in [2.75, 3.05) is 6.54 Å². The molecule has 3 amide bonds. The lowest BCUT2D eigenvalue weighted by Gasteiger charge is -2.29. The van der Waals surface area contributed by atoms with Crippen LogP contribution in [0.15, 0.2) is 18.2 Å². The Hall–Kier alpha value is -2.25. The predicted octanol–water partition coefficient (Wildman–Crippen LogP) is 1.05. The molecule has 0 radical (unpaired) electrons. The van der Waals surface area contributed by atoms with E-state index in [2.05, 4.69) is 24.5 Å². The Morgan fingerprint density at radius 2 is 2.07 bits per heavy atom. The Labute approximate surface area is 159 Å². The number of benzene rings is 1. The van der Waals surface area contributed by atoms with Crippen molar-refractivity contribution in [3.05, 3.63) is 34.9 Å². The molecule has 0 aliphatic carbocycles. The Bertz CT molecular complexity index is 760. The summed E-state index contributed by atoms with van der Waals surface area (Å²) in [6.45, 7) is 6.01. The van der Waals surface area contributed by atoms with E-state index >= 15 is 0 Å². The van der Waals surface area contributed by atoms with Crippen molar-refractivity contribution in [3.63, 3.8) is 0 Å². The van der Waals surface area contributed by atoms with Crippen LogP contribution < -0.4 is 16.4 Å². The molecule has 0 aromatic heterocycles. The molecule has 1 aromatic rings. The molecule has 0 saturated carbocycles. The standard InChI is InChI=1S/C20H28N4O3/c1-20(2,9-4-10-21)22-11-13-5-3-6-14-15(13)12-24(19(14)27)16-7-8-17(25)23-18(16)26/h3,5-6,16,22H,4,7-12,21H2,1-2H3,(H,23,25,26). The first-order valence-corrected chi connectivity index (χ1v) is 9.53. The van der Waals surface area contributed by atoms with Crippen molar-refractivity contribution in [2.45, 2.75) is 64.2 Å². The summed E-state index contributed by atoms with van der Waals surface area (Å²) in [6.07, 6.45) is 2.57. The number of hydrogen-bond acceptors (Lipinski definition) is 5. The average Bonchev–Trinajstić information content (AvgIpc) is 2.96. The van der Waals surface area contributed by atoms with Gasteiger partial charge in [-0.2, -0.15) is 0 Å². The summed E-state index contributed by atoms with van der Waals surface area (Å²) in [5, 5.41) is 5.89. The molecule has 3 rings (SSSR count). The maximum Gasteiger partial charge on any atom is 0.255 e. The van der Waals surface area contributed by atoms with Crippen molar-refractivity contribution < 1.29 is 14.4 Å². The van der Waals surface area contributed by atoms with Crippen LogP contribution in [0.25, 0.3) is 0 Å². The van der Waals surface area contributed by atoms with E-state index in [1.54, 1.807) is 4.90 Å². The summed E-state index contributed by atoms with van der Waals surface area (Å²) >= 11 is 0. The number of nitrogens with one attached hydrogen (secondary N) is 2. The lowest BCUT2D eigenvalue weighted by Crippen LogP contribution is -2.52. The molecule has 0 spiro atoms. The Morgan fingerprint density at radius 1 is 1.30 bits per heavy atom. The number of hydrogen-bond donors (Lipinski definition) is 3. The van der Waals surface area contributed by atoms with E-state index < -0.39 is 6.04 Å². The molecule has 27 heavy (non-hydrogen) atoms. The second-order valence-corrected chi connectivity index (χ2v) is 7.97. The van der Waals surface area contributed by atoms with E-state index in [1.165, 1.54) is 0 Å². The first kappa shape index (κ1) is 19.5. The number of carbonyl (C=O) groups is 3. The number of piperidine rings is 1. The molecule has 1 fully saturated rings. The van der Waals surface area contributed by atoms with Crippen LogP contribution in [0, 0.1) is 0 Å². The first-order chi connectivity index (χ1) is 12.8. The highest BCUT2D eigenvalue weighted by Gasteiger charge is 2.39. The summed E-state index contributed by atoms with van der Waals surface area (Å²) in [4.78, 5) is 38.0. The van der Waals surface area contributed by atoms with E-state index in [1.807, 2.05) is 18.2 Å². The molecule has 1 saturated heterocycles. The number of nitrogens with zero attached hydrogens (tertiary/aromatic N) is 1. The summed E-state index contributed by atoms with van der Waals surface area (Å²) in [5.41, 5.74) is 8.25. The molecule has 2 heterocycles. The van der Waals surface area contributed by atoms with E-state index in [-0.39, 0.29) is 29.7 Å². The number of imide groups is 1. The molecular formula is C20H28N4O3. The fourth-order valence-corrected chi connectivity index (χ4v) is 3.78. The average molecular weight is 372 g/mol. The highest BCUT2D eigenvalue weighted by molar-refractivity contribution is 6.05. The van der Waals surface area contributed by atoms with Gasteiger partial charge < -0.3 is 16.0 Å². The van der Waals surface area contributed by atoms with Crippen LogP contribution in [0.1, 0.15) is 61.0 Å². The highest BCUT2D eigenvalue weighted by Crippen LogP contribution is 2.30. The summed E-state index contributed by atoms with van der Waals surface area (Å²) in [5.74, 6) is -0.788. The quantitative estimate of drug-likeness (QED) is 0.621. The molecule has 4 N–H and O–H groups in total. The van der Waals surface area contributed by atoms with Crippen LogP contribution in [0.2, 0.25) is 0 Å². The lowest BCUT2D eigenvalue weighted by molar-refractivity contribution is -0.136. The van der Waals surface area contributed by atoms with Gasteiger partial charge in [-0.1, -0.05) is 12.1 Å². The molecule has 146 valence electrons. The van der Waals surface area contributed by atoms with Crippen molar-refractivity contribution >= 4 is 17.7 Å². The predicted molar refractivity (Wildman–Crippen MR) is 102 cm³/mol. The number of rotatable bonds is 7. The largest absolute Gasteiger partial charge is 0.330 e. The lowest BCUT2D eigenvalue weighted by atomic mass is 9.96. The number of fused-ring (bicyclic) bond motifs is 1. The van der Waals surface area contributed by atoms with E-state index in [0.29, 0.717) is 31.6 Å². The normalized spacial score (nSPS) is 20.0. The maximum absolute atomic E-state index is 12.8. The molecule has 0 bridgehead atoms. The number of carbonyl (C=O) groups excluding carboxylic acids is 3. The zero-order chi connectivity index (χ0) is 19.6. The second kappa shape index (κ2) is 7.78. The summed E-state index contributed by atoms with van der Waals surface area (Å²) in [7, 11) is 0. The summed E-state index contributed by atoms with van der Waals surface area (Å²) in [6, 6.07) is 5.14. The van der Waals surface area contributed by atoms with Crippen molar-refractivity contribution in [2.24, 2.45) is 5.73 Å². The SMILES string of the molecule is CC(C)(CCCN)NCc1cccc2c1CN(C1CCC(=O)NC1=O)C2=O. The van der Waals surface area contributed by atoms with Crippen LogP contribution >= 0.6 is 0 Å². The minimum absolute atomic E-state index is 0.0476. The second-order valence-electron chi connectivity index (χ2n) is 7.97. The van der Waals surface area contributed by atoms with Crippen molar-refractivity contribution in [1.29, 1.82) is 0 Å². The molecule has 1 aromatic carbocycles. The van der Waals surface area contributed by atoms with Crippen molar-refractivity contribution in [3.8, 4) is 0 Å². The van der Waals surface area contributed by atoms with Gasteiger partial charge in [0.2, 0.25) is 11.8 Å². The van der Waals surface area contributed by atoms with Crippen LogP contribution in [0.3, 0.4) is 0 Å². The molecular weight excluding hydrogens is 344 g/mol. The smallest absolute Gasteiger partial charge is 0.255 e. The van der Waals surface area contributed by atoms with E-state index in [9.17, 15) is 14.4 Å². The third-order valence-electron chi connectivity index (χ3n) is 5.44. The zero-order valence-electron chi connectivity index (χ0n) is 16.0. The van der Waals surface area contributed by atoms with Crippen LogP contribution in [0.4, 0.5) is 0 Å². The minimum atomic E-state index is -0.579. The Balaban J connectivity index is 1.74. The molecule has 2 aliphatic heterocycles. The van der Waals surface area contributed by atoms with Gasteiger partial charge in [0.05, 0.1) is 0 Å². The topological polar surface area (TPSA) is 105 Å². The van der Waals surface area contributed by atoms with Gasteiger partial charge >= 0.3 is 0 Å². The third-order valence-corrected chi connectivity index (χ3v) is 5.44. The Morgan fingerprint density at radius 3 is 2.78 bits per heavy atom. The molecule has 7 heteroatoms. The van der Waals surface area contributed by atoms with Gasteiger partial charge in [-0.05, 0) is 56.8 Å². The van der Waals surface area contributed by atoms with Crippen LogP contribution in [-0.4, -0.2) is 40.7 Å². The van der Waals surface area contributed by atoms with Crippen LogP contribution in [-0.2, 0) is 22.7 Å². The number of amides is 3. The van der Waals surface area contributed by atoms with Gasteiger partial charge in [0, 0.05) is 30.6 Å². The Kier molecular flexibility index (Phi) is 5.62. The summed E-state index contributed by atoms with van der Waals surface area (Å²) < 4.78 is 0. The molecule has 1 unspecified atom stereocenters. The van der Waals surface area contributed by atoms with Gasteiger partial charge in [-0.15, -0.1) is 0 Å². The fraction of sp³-hybridized carbons (Fsp3) is 0.550. The zero-order valence-corrected chi connectivity index (χ0v) is 16.0. The molecule has 2 aliphatic rings. The third kappa shape index (κ3) is 4.20. The minimum Gasteiger partial charge on any atom is -0.330 e. The van der Waals surface area contributed by atoms with Gasteiger partial charge in [0.1, 0.15) is 6.04 Å². The van der Waals surface area contributed by atoms with Gasteiger partial charge in [-0.25, -0.2) is 0 Å². The van der Waals surface area contributed by atoms with Gasteiger partial charge in [0.25, 0.3) is 5.91 Å². The highest BCUT2D eigenvalue weighted by atomic mass is 16.2. The maximum atomic E-state index is 12.8. The van der Waals surface area contributed by atoms with Crippen molar-refractivity contribution in [1.82, 2.24) is 15.5 Å². The monoisotopic (exact) mass is 372 g/mol. The molecule has 7 nitrogen and oxygen atoms in total. The molecule has 1 atom stereocenters. The first-order valence-electron chi connectivity index (χ1n) is 9.53. The fourth-order valence-electron chi connectivity index (χ4n) is 3.78. The van der Waals surface area contributed by atoms with E-state index in [4.69, 9.17) is 5.73 Å².